The topological polar surface area (TPSA) is 84.7 Å². The molecular formula is C20H30ClN4O3+. The van der Waals surface area contributed by atoms with Crippen molar-refractivity contribution in [2.24, 2.45) is 5.73 Å². The molecule has 3 heterocycles. The number of hydrogen-bond acceptors (Lipinski definition) is 4. The number of piperidine rings is 1. The molecule has 154 valence electrons. The molecule has 0 aromatic heterocycles. The van der Waals surface area contributed by atoms with Crippen molar-refractivity contribution in [1.82, 2.24) is 14.9 Å². The molecular weight excluding hydrogens is 380 g/mol. The molecule has 0 aliphatic carbocycles. The number of rotatable bonds is 4. The lowest BCUT2D eigenvalue weighted by Gasteiger charge is -2.46. The Bertz CT molecular complexity index is 747. The first-order valence-electron chi connectivity index (χ1n) is 9.89. The quantitative estimate of drug-likeness (QED) is 0.590. The molecule has 7 nitrogen and oxygen atoms in total. The van der Waals surface area contributed by atoms with Crippen LogP contribution in [0, 0.1) is 0 Å². The SMILES string of the molecule is CCOC(=O)C1C[N+](NC(N)=O)(C2CC3CCC(C2)N3C)c2ccccc21.Cl. The average Bonchev–Trinajstić information content (AvgIpc) is 3.04. The number of primary amides is 1. The summed E-state index contributed by atoms with van der Waals surface area (Å²) in [4.78, 5) is 27.2. The number of fused-ring (bicyclic) bond motifs is 3. The second-order valence-electron chi connectivity index (χ2n) is 8.07. The number of amides is 2. The second kappa shape index (κ2) is 7.89. The van der Waals surface area contributed by atoms with Gasteiger partial charge in [-0.25, -0.2) is 4.79 Å². The van der Waals surface area contributed by atoms with Crippen LogP contribution in [0.3, 0.4) is 0 Å². The number of esters is 1. The number of hydrogen-bond donors (Lipinski definition) is 2. The molecule has 28 heavy (non-hydrogen) atoms. The van der Waals surface area contributed by atoms with Gasteiger partial charge in [-0.1, -0.05) is 18.2 Å². The van der Waals surface area contributed by atoms with Gasteiger partial charge < -0.3 is 10.5 Å². The van der Waals surface area contributed by atoms with Crippen LogP contribution in [-0.4, -0.2) is 55.2 Å². The molecule has 2 bridgehead atoms. The number of ether oxygens (including phenoxy) is 1. The van der Waals surface area contributed by atoms with E-state index in [0.29, 0.717) is 25.2 Å². The van der Waals surface area contributed by atoms with Crippen LogP contribution < -0.4 is 15.8 Å². The Morgan fingerprint density at radius 2 is 1.89 bits per heavy atom. The third-order valence-corrected chi connectivity index (χ3v) is 6.79. The molecule has 3 N–H and O–H groups in total. The average molecular weight is 410 g/mol. The van der Waals surface area contributed by atoms with E-state index in [4.69, 9.17) is 10.5 Å². The highest BCUT2D eigenvalue weighted by Gasteiger charge is 2.56. The summed E-state index contributed by atoms with van der Waals surface area (Å²) in [7, 11) is 2.20. The highest BCUT2D eigenvalue weighted by Crippen LogP contribution is 2.47. The summed E-state index contributed by atoms with van der Waals surface area (Å²) >= 11 is 0. The van der Waals surface area contributed by atoms with E-state index in [1.807, 2.05) is 31.2 Å². The van der Waals surface area contributed by atoms with Crippen LogP contribution in [0.5, 0.6) is 0 Å². The van der Waals surface area contributed by atoms with Crippen LogP contribution in [0.2, 0.25) is 0 Å². The lowest BCUT2D eigenvalue weighted by Crippen LogP contribution is -2.70. The molecule has 0 radical (unpaired) electrons. The highest BCUT2D eigenvalue weighted by molar-refractivity contribution is 5.85. The Hall–Kier alpha value is -1.83. The zero-order valence-corrected chi connectivity index (χ0v) is 17.3. The minimum atomic E-state index is -0.555. The first-order chi connectivity index (χ1) is 13.0. The van der Waals surface area contributed by atoms with Crippen molar-refractivity contribution in [2.75, 3.05) is 20.2 Å². The van der Waals surface area contributed by atoms with Crippen LogP contribution in [-0.2, 0) is 9.53 Å². The number of carbonyl (C=O) groups excluding carboxylic acids is 2. The van der Waals surface area contributed by atoms with Crippen molar-refractivity contribution in [3.8, 4) is 0 Å². The smallest absolute Gasteiger partial charge is 0.356 e. The van der Waals surface area contributed by atoms with E-state index in [2.05, 4.69) is 17.4 Å². The number of nitrogens with one attached hydrogen (secondary N) is 1. The number of quaternary nitrogens is 1. The van der Waals surface area contributed by atoms with Gasteiger partial charge in [0.25, 0.3) is 0 Å². The van der Waals surface area contributed by atoms with Gasteiger partial charge in [-0.05, 0) is 26.8 Å². The Labute approximate surface area is 172 Å². The lowest BCUT2D eigenvalue weighted by molar-refractivity contribution is -0.145. The summed E-state index contributed by atoms with van der Waals surface area (Å²) in [6.07, 6.45) is 4.35. The normalized spacial score (nSPS) is 33.6. The van der Waals surface area contributed by atoms with E-state index in [0.717, 1.165) is 24.1 Å². The maximum Gasteiger partial charge on any atom is 0.356 e. The summed E-state index contributed by atoms with van der Waals surface area (Å²) in [6.45, 7) is 2.63. The van der Waals surface area contributed by atoms with Crippen molar-refractivity contribution in [3.05, 3.63) is 29.8 Å². The third-order valence-electron chi connectivity index (χ3n) is 6.79. The molecule has 4 rings (SSSR count). The van der Waals surface area contributed by atoms with Gasteiger partial charge >= 0.3 is 12.0 Å². The van der Waals surface area contributed by atoms with Crippen molar-refractivity contribution in [3.63, 3.8) is 0 Å². The van der Waals surface area contributed by atoms with Crippen LogP contribution in [0.15, 0.2) is 24.3 Å². The largest absolute Gasteiger partial charge is 0.465 e. The summed E-state index contributed by atoms with van der Waals surface area (Å²) in [5, 5.41) is 0. The van der Waals surface area contributed by atoms with Crippen molar-refractivity contribution in [1.29, 1.82) is 0 Å². The third kappa shape index (κ3) is 3.25. The maximum absolute atomic E-state index is 12.7. The number of carbonyl (C=O) groups is 2. The van der Waals surface area contributed by atoms with E-state index < -0.39 is 6.03 Å². The standard InChI is InChI=1S/C20H28N4O3.ClH/c1-3-27-19(25)17-12-24(22-20(21)26,18-7-5-4-6-16(17)18)15-10-13-8-9-14(11-15)23(13)2;/h4-7,13-15,17H,3,8-12H2,1-2H3,(H2-,21,22,26);1H/p+1. The van der Waals surface area contributed by atoms with Gasteiger partial charge in [-0.2, -0.15) is 10.0 Å². The minimum absolute atomic E-state index is 0. The van der Waals surface area contributed by atoms with Crippen molar-refractivity contribution in [2.45, 2.75) is 56.7 Å². The fraction of sp³-hybridized carbons (Fsp3) is 0.600. The van der Waals surface area contributed by atoms with Crippen molar-refractivity contribution >= 4 is 30.1 Å². The maximum atomic E-state index is 12.7. The molecule has 1 aromatic carbocycles. The molecule has 3 aliphatic rings. The summed E-state index contributed by atoms with van der Waals surface area (Å²) < 4.78 is 5.60. The number of urea groups is 1. The minimum Gasteiger partial charge on any atom is -0.465 e. The Morgan fingerprint density at radius 1 is 1.25 bits per heavy atom. The van der Waals surface area contributed by atoms with E-state index >= 15 is 0 Å². The molecule has 4 atom stereocenters. The number of halogens is 1. The zero-order valence-electron chi connectivity index (χ0n) is 16.5. The summed E-state index contributed by atoms with van der Waals surface area (Å²) in [6, 6.07) is 8.58. The van der Waals surface area contributed by atoms with E-state index in [9.17, 15) is 9.59 Å². The van der Waals surface area contributed by atoms with Crippen LogP contribution in [0.1, 0.15) is 44.1 Å². The van der Waals surface area contributed by atoms with E-state index in [1.54, 1.807) is 0 Å². The monoisotopic (exact) mass is 409 g/mol. The van der Waals surface area contributed by atoms with Gasteiger partial charge in [-0.15, -0.1) is 12.4 Å². The molecule has 3 aliphatic heterocycles. The van der Waals surface area contributed by atoms with Crippen LogP contribution in [0.25, 0.3) is 0 Å². The first kappa shape index (κ1) is 20.9. The Morgan fingerprint density at radius 3 is 2.50 bits per heavy atom. The van der Waals surface area contributed by atoms with Crippen LogP contribution >= 0.6 is 12.4 Å². The molecule has 0 saturated carbocycles. The molecule has 0 spiro atoms. The molecule has 1 aromatic rings. The molecule has 2 fully saturated rings. The van der Waals surface area contributed by atoms with E-state index in [1.165, 1.54) is 12.8 Å². The molecule has 8 heteroatoms. The number of nitrogens with two attached hydrogens (primary N) is 1. The lowest BCUT2D eigenvalue weighted by atomic mass is 9.95. The second-order valence-corrected chi connectivity index (χ2v) is 8.07. The van der Waals surface area contributed by atoms with Gasteiger partial charge in [0.1, 0.15) is 18.5 Å². The first-order valence-corrected chi connectivity index (χ1v) is 9.89. The van der Waals surface area contributed by atoms with Gasteiger partial charge in [0.2, 0.25) is 0 Å². The Balaban J connectivity index is 0.00000225. The van der Waals surface area contributed by atoms with Crippen LogP contribution in [0.4, 0.5) is 10.5 Å². The number of nitrogens with zero attached hydrogens (tertiary/aromatic N) is 2. The summed E-state index contributed by atoms with van der Waals surface area (Å²) in [5.41, 5.74) is 10.6. The molecule has 2 amide bonds. The van der Waals surface area contributed by atoms with Crippen molar-refractivity contribution < 1.29 is 14.3 Å². The fourth-order valence-electron chi connectivity index (χ4n) is 5.56. The zero-order chi connectivity index (χ0) is 19.2. The fourth-order valence-corrected chi connectivity index (χ4v) is 5.56. The predicted molar refractivity (Wildman–Crippen MR) is 110 cm³/mol. The van der Waals surface area contributed by atoms with Gasteiger partial charge in [-0.3, -0.25) is 9.69 Å². The molecule has 4 unspecified atom stereocenters. The van der Waals surface area contributed by atoms with Gasteiger partial charge in [0.15, 0.2) is 5.69 Å². The Kier molecular flexibility index (Phi) is 5.89. The number of para-hydroxylation sites is 1. The number of benzene rings is 1. The summed E-state index contributed by atoms with van der Waals surface area (Å²) in [5.74, 6) is -0.613. The highest BCUT2D eigenvalue weighted by atomic mass is 35.5. The van der Waals surface area contributed by atoms with Gasteiger partial charge in [0.05, 0.1) is 6.61 Å². The van der Waals surface area contributed by atoms with Gasteiger partial charge in [0, 0.05) is 36.6 Å². The van der Waals surface area contributed by atoms with E-state index in [-0.39, 0.29) is 34.9 Å². The molecule has 2 saturated heterocycles. The predicted octanol–water partition coefficient (Wildman–Crippen LogP) is 2.28.